The van der Waals surface area contributed by atoms with Crippen molar-refractivity contribution in [2.75, 3.05) is 26.2 Å². The molecule has 0 aromatic heterocycles. The first-order chi connectivity index (χ1) is 9.60. The SMILES string of the molecule is CC1(NCC2COC(C)(c3ccccc3)O2)CCNC1. The van der Waals surface area contributed by atoms with Gasteiger partial charge in [-0.25, -0.2) is 0 Å². The molecule has 0 bridgehead atoms. The number of hydrogen-bond acceptors (Lipinski definition) is 4. The highest BCUT2D eigenvalue weighted by Crippen LogP contribution is 2.33. The lowest BCUT2D eigenvalue weighted by Gasteiger charge is -2.27. The van der Waals surface area contributed by atoms with Crippen molar-refractivity contribution in [3.63, 3.8) is 0 Å². The number of rotatable bonds is 4. The molecule has 110 valence electrons. The maximum absolute atomic E-state index is 6.13. The van der Waals surface area contributed by atoms with Crippen molar-refractivity contribution in [1.29, 1.82) is 0 Å². The van der Waals surface area contributed by atoms with E-state index in [1.807, 2.05) is 25.1 Å². The molecule has 0 radical (unpaired) electrons. The molecule has 1 aromatic rings. The van der Waals surface area contributed by atoms with E-state index in [-0.39, 0.29) is 11.6 Å². The Morgan fingerprint density at radius 2 is 2.10 bits per heavy atom. The molecule has 4 heteroatoms. The lowest BCUT2D eigenvalue weighted by molar-refractivity contribution is -0.161. The van der Waals surface area contributed by atoms with E-state index < -0.39 is 5.79 Å². The molecule has 0 saturated carbocycles. The molecule has 0 amide bonds. The third-order valence-corrected chi connectivity index (χ3v) is 4.36. The van der Waals surface area contributed by atoms with Gasteiger partial charge in [-0.2, -0.15) is 0 Å². The molecule has 20 heavy (non-hydrogen) atoms. The van der Waals surface area contributed by atoms with Crippen molar-refractivity contribution in [3.05, 3.63) is 35.9 Å². The molecule has 2 saturated heterocycles. The Morgan fingerprint density at radius 3 is 2.80 bits per heavy atom. The van der Waals surface area contributed by atoms with Gasteiger partial charge in [-0.3, -0.25) is 0 Å². The quantitative estimate of drug-likeness (QED) is 0.877. The molecule has 2 aliphatic rings. The minimum atomic E-state index is -0.609. The standard InChI is InChI=1S/C16H24N2O2/c1-15(8-9-17-12-15)18-10-14-11-19-16(2,20-14)13-6-4-3-5-7-13/h3-7,14,17-18H,8-12H2,1-2H3. The van der Waals surface area contributed by atoms with Crippen LogP contribution < -0.4 is 10.6 Å². The van der Waals surface area contributed by atoms with Crippen LogP contribution in [0, 0.1) is 0 Å². The van der Waals surface area contributed by atoms with Crippen LogP contribution in [-0.2, 0) is 15.3 Å². The Morgan fingerprint density at radius 1 is 1.30 bits per heavy atom. The van der Waals surface area contributed by atoms with Gasteiger partial charge in [-0.1, -0.05) is 30.3 Å². The van der Waals surface area contributed by atoms with Crippen molar-refractivity contribution < 1.29 is 9.47 Å². The van der Waals surface area contributed by atoms with Crippen molar-refractivity contribution in [2.24, 2.45) is 0 Å². The normalized spacial score (nSPS) is 37.4. The fourth-order valence-electron chi connectivity index (χ4n) is 2.96. The minimum absolute atomic E-state index is 0.109. The van der Waals surface area contributed by atoms with Gasteiger partial charge in [-0.05, 0) is 26.8 Å². The zero-order valence-electron chi connectivity index (χ0n) is 12.3. The molecule has 0 aliphatic carbocycles. The van der Waals surface area contributed by atoms with E-state index >= 15 is 0 Å². The Labute approximate surface area is 120 Å². The molecule has 2 N–H and O–H groups in total. The van der Waals surface area contributed by atoms with Gasteiger partial charge >= 0.3 is 0 Å². The van der Waals surface area contributed by atoms with E-state index in [1.165, 1.54) is 0 Å². The molecule has 2 aliphatic heterocycles. The maximum Gasteiger partial charge on any atom is 0.192 e. The average Bonchev–Trinajstić information content (AvgIpc) is 3.06. The summed E-state index contributed by atoms with van der Waals surface area (Å²) in [6.45, 7) is 7.85. The van der Waals surface area contributed by atoms with Gasteiger partial charge in [0.25, 0.3) is 0 Å². The van der Waals surface area contributed by atoms with Crippen LogP contribution in [0.4, 0.5) is 0 Å². The van der Waals surface area contributed by atoms with Crippen molar-refractivity contribution >= 4 is 0 Å². The van der Waals surface area contributed by atoms with E-state index in [0.717, 1.165) is 31.6 Å². The van der Waals surface area contributed by atoms with E-state index in [0.29, 0.717) is 6.61 Å². The first-order valence-corrected chi connectivity index (χ1v) is 7.43. The highest BCUT2D eigenvalue weighted by Gasteiger charge is 2.39. The molecule has 2 fully saturated rings. The second kappa shape index (κ2) is 5.45. The molecular weight excluding hydrogens is 252 g/mol. The van der Waals surface area contributed by atoms with Crippen LogP contribution in [0.3, 0.4) is 0 Å². The summed E-state index contributed by atoms with van der Waals surface area (Å²) in [4.78, 5) is 0. The summed E-state index contributed by atoms with van der Waals surface area (Å²) in [5.41, 5.74) is 1.27. The summed E-state index contributed by atoms with van der Waals surface area (Å²) in [7, 11) is 0. The third-order valence-electron chi connectivity index (χ3n) is 4.36. The molecule has 3 rings (SSSR count). The van der Waals surface area contributed by atoms with Gasteiger partial charge < -0.3 is 20.1 Å². The fraction of sp³-hybridized carbons (Fsp3) is 0.625. The first-order valence-electron chi connectivity index (χ1n) is 7.43. The number of benzene rings is 1. The average molecular weight is 276 g/mol. The van der Waals surface area contributed by atoms with Gasteiger partial charge in [0.15, 0.2) is 5.79 Å². The van der Waals surface area contributed by atoms with E-state index in [1.54, 1.807) is 0 Å². The van der Waals surface area contributed by atoms with Crippen LogP contribution in [0.25, 0.3) is 0 Å². The third kappa shape index (κ3) is 2.88. The zero-order chi connectivity index (χ0) is 14.1. The summed E-state index contributed by atoms with van der Waals surface area (Å²) in [5, 5.41) is 7.02. The van der Waals surface area contributed by atoms with Gasteiger partial charge in [0.05, 0.1) is 12.7 Å². The molecule has 1 aromatic carbocycles. The summed E-state index contributed by atoms with van der Waals surface area (Å²) in [6.07, 6.45) is 1.27. The smallest absolute Gasteiger partial charge is 0.192 e. The summed E-state index contributed by atoms with van der Waals surface area (Å²) in [6, 6.07) is 10.2. The van der Waals surface area contributed by atoms with E-state index in [2.05, 4.69) is 29.7 Å². The van der Waals surface area contributed by atoms with Gasteiger partial charge in [0.2, 0.25) is 0 Å². The van der Waals surface area contributed by atoms with Crippen LogP contribution in [0.2, 0.25) is 0 Å². The van der Waals surface area contributed by atoms with Gasteiger partial charge in [0.1, 0.15) is 0 Å². The largest absolute Gasteiger partial charge is 0.343 e. The molecular formula is C16H24N2O2. The summed E-state index contributed by atoms with van der Waals surface area (Å²) < 4.78 is 12.0. The number of nitrogens with one attached hydrogen (secondary N) is 2. The van der Waals surface area contributed by atoms with Crippen LogP contribution in [0.1, 0.15) is 25.8 Å². The molecule has 0 spiro atoms. The van der Waals surface area contributed by atoms with E-state index in [9.17, 15) is 0 Å². The summed E-state index contributed by atoms with van der Waals surface area (Å²) in [5.74, 6) is -0.609. The Balaban J connectivity index is 1.57. The Hall–Kier alpha value is -0.940. The lowest BCUT2D eigenvalue weighted by atomic mass is 10.0. The van der Waals surface area contributed by atoms with Crippen LogP contribution in [0.5, 0.6) is 0 Å². The predicted molar refractivity (Wildman–Crippen MR) is 78.5 cm³/mol. The minimum Gasteiger partial charge on any atom is -0.343 e. The second-order valence-electron chi connectivity index (χ2n) is 6.23. The van der Waals surface area contributed by atoms with Crippen LogP contribution >= 0.6 is 0 Å². The van der Waals surface area contributed by atoms with Crippen molar-refractivity contribution in [3.8, 4) is 0 Å². The van der Waals surface area contributed by atoms with Crippen LogP contribution in [-0.4, -0.2) is 37.9 Å². The van der Waals surface area contributed by atoms with Crippen molar-refractivity contribution in [1.82, 2.24) is 10.6 Å². The molecule has 3 atom stereocenters. The van der Waals surface area contributed by atoms with Gasteiger partial charge in [-0.15, -0.1) is 0 Å². The second-order valence-corrected chi connectivity index (χ2v) is 6.23. The number of hydrogen-bond donors (Lipinski definition) is 2. The monoisotopic (exact) mass is 276 g/mol. The Bertz CT molecular complexity index is 445. The maximum atomic E-state index is 6.13. The Kier molecular flexibility index (Phi) is 3.82. The first kappa shape index (κ1) is 14.0. The lowest BCUT2D eigenvalue weighted by Crippen LogP contribution is -2.47. The molecule has 2 heterocycles. The van der Waals surface area contributed by atoms with Gasteiger partial charge in [0, 0.05) is 24.2 Å². The highest BCUT2D eigenvalue weighted by molar-refractivity contribution is 5.20. The topological polar surface area (TPSA) is 42.5 Å². The van der Waals surface area contributed by atoms with Crippen LogP contribution in [0.15, 0.2) is 30.3 Å². The number of ether oxygens (including phenoxy) is 2. The summed E-state index contributed by atoms with van der Waals surface area (Å²) >= 11 is 0. The van der Waals surface area contributed by atoms with E-state index in [4.69, 9.17) is 9.47 Å². The van der Waals surface area contributed by atoms with Crippen molar-refractivity contribution in [2.45, 2.75) is 37.7 Å². The molecule has 4 nitrogen and oxygen atoms in total. The predicted octanol–water partition coefficient (Wildman–Crippen LogP) is 1.62. The molecule has 3 unspecified atom stereocenters. The highest BCUT2D eigenvalue weighted by atomic mass is 16.7. The zero-order valence-corrected chi connectivity index (χ0v) is 12.3. The fourth-order valence-corrected chi connectivity index (χ4v) is 2.96.